The van der Waals surface area contributed by atoms with E-state index in [-0.39, 0.29) is 5.91 Å². The summed E-state index contributed by atoms with van der Waals surface area (Å²) < 4.78 is 0.990. The zero-order valence-corrected chi connectivity index (χ0v) is 12.9. The maximum absolute atomic E-state index is 11.9. The summed E-state index contributed by atoms with van der Waals surface area (Å²) >= 11 is 4.93. The molecule has 1 aromatic rings. The summed E-state index contributed by atoms with van der Waals surface area (Å²) in [5.74, 6) is 0.274. The number of hydrogen-bond acceptors (Lipinski definition) is 3. The molecule has 0 heterocycles. The van der Waals surface area contributed by atoms with Gasteiger partial charge in [0.2, 0.25) is 5.91 Å². The molecule has 0 aliphatic heterocycles. The molecular formula is C14H15BrN2OS. The fraction of sp³-hybridized carbons (Fsp3) is 0.429. The van der Waals surface area contributed by atoms with Crippen molar-refractivity contribution in [3.63, 3.8) is 0 Å². The van der Waals surface area contributed by atoms with E-state index >= 15 is 0 Å². The molecule has 1 amide bonds. The monoisotopic (exact) mass is 338 g/mol. The summed E-state index contributed by atoms with van der Waals surface area (Å²) in [5, 5.41) is 12.1. The van der Waals surface area contributed by atoms with Gasteiger partial charge >= 0.3 is 0 Å². The molecule has 0 aromatic heterocycles. The Bertz CT molecular complexity index is 506. The van der Waals surface area contributed by atoms with Crippen LogP contribution in [0.1, 0.15) is 25.7 Å². The number of nitrogens with one attached hydrogen (secondary N) is 1. The van der Waals surface area contributed by atoms with Gasteiger partial charge in [0, 0.05) is 9.37 Å². The first-order chi connectivity index (χ1) is 9.15. The number of carbonyl (C=O) groups is 1. The van der Waals surface area contributed by atoms with E-state index in [0.717, 1.165) is 35.1 Å². The van der Waals surface area contributed by atoms with E-state index in [1.165, 1.54) is 11.8 Å². The molecule has 1 aliphatic carbocycles. The third kappa shape index (κ3) is 3.74. The summed E-state index contributed by atoms with van der Waals surface area (Å²) in [4.78, 5) is 13.0. The fourth-order valence-electron chi connectivity index (χ4n) is 2.25. The first-order valence-corrected chi connectivity index (χ1v) is 8.03. The Morgan fingerprint density at radius 2 is 2.11 bits per heavy atom. The van der Waals surface area contributed by atoms with Crippen molar-refractivity contribution in [3.8, 4) is 6.07 Å². The molecule has 1 aromatic carbocycles. The third-order valence-electron chi connectivity index (χ3n) is 3.25. The lowest BCUT2D eigenvalue weighted by Crippen LogP contribution is -2.45. The lowest BCUT2D eigenvalue weighted by atomic mass is 10.0. The minimum atomic E-state index is -0.619. The molecule has 19 heavy (non-hydrogen) atoms. The molecule has 1 saturated carbocycles. The highest BCUT2D eigenvalue weighted by Gasteiger charge is 2.35. The molecule has 5 heteroatoms. The van der Waals surface area contributed by atoms with Gasteiger partial charge in [0.1, 0.15) is 5.54 Å². The van der Waals surface area contributed by atoms with Gasteiger partial charge in [0.05, 0.1) is 11.8 Å². The Balaban J connectivity index is 1.89. The van der Waals surface area contributed by atoms with Gasteiger partial charge in [0.15, 0.2) is 0 Å². The number of rotatable bonds is 4. The molecule has 3 nitrogen and oxygen atoms in total. The molecule has 2 rings (SSSR count). The molecular weight excluding hydrogens is 324 g/mol. The predicted octanol–water partition coefficient (Wildman–Crippen LogP) is 3.49. The van der Waals surface area contributed by atoms with E-state index in [0.29, 0.717) is 5.75 Å². The van der Waals surface area contributed by atoms with Crippen molar-refractivity contribution >= 4 is 33.6 Å². The van der Waals surface area contributed by atoms with Crippen LogP contribution in [0.25, 0.3) is 0 Å². The maximum Gasteiger partial charge on any atom is 0.231 e. The van der Waals surface area contributed by atoms with Crippen molar-refractivity contribution in [2.24, 2.45) is 0 Å². The molecule has 0 radical (unpaired) electrons. The largest absolute Gasteiger partial charge is 0.337 e. The van der Waals surface area contributed by atoms with Crippen molar-refractivity contribution in [2.45, 2.75) is 36.1 Å². The van der Waals surface area contributed by atoms with Crippen molar-refractivity contribution < 1.29 is 4.79 Å². The second-order valence-corrected chi connectivity index (χ2v) is 6.54. The van der Waals surface area contributed by atoms with Crippen molar-refractivity contribution in [3.05, 3.63) is 28.7 Å². The number of amides is 1. The van der Waals surface area contributed by atoms with Crippen molar-refractivity contribution in [2.75, 3.05) is 5.75 Å². The van der Waals surface area contributed by atoms with Crippen LogP contribution < -0.4 is 5.32 Å². The van der Waals surface area contributed by atoms with Crippen LogP contribution in [0.4, 0.5) is 0 Å². The summed E-state index contributed by atoms with van der Waals surface area (Å²) in [5.41, 5.74) is -0.619. The minimum absolute atomic E-state index is 0.0656. The van der Waals surface area contributed by atoms with Crippen LogP contribution in [-0.4, -0.2) is 17.2 Å². The van der Waals surface area contributed by atoms with Gasteiger partial charge < -0.3 is 5.32 Å². The van der Waals surface area contributed by atoms with E-state index in [4.69, 9.17) is 0 Å². The molecule has 0 bridgehead atoms. The highest BCUT2D eigenvalue weighted by molar-refractivity contribution is 9.10. The van der Waals surface area contributed by atoms with E-state index in [2.05, 4.69) is 27.3 Å². The lowest BCUT2D eigenvalue weighted by Gasteiger charge is -2.21. The molecule has 0 spiro atoms. The molecule has 100 valence electrons. The van der Waals surface area contributed by atoms with E-state index in [9.17, 15) is 10.1 Å². The number of halogens is 1. The quantitative estimate of drug-likeness (QED) is 0.855. The topological polar surface area (TPSA) is 52.9 Å². The standard InChI is InChI=1S/C14H15BrN2OS/c15-11-5-1-2-6-12(11)19-9-13(18)17-14(10-16)7-3-4-8-14/h1-2,5-6H,3-4,7-9H2,(H,17,18). The molecule has 1 aliphatic rings. The average Bonchev–Trinajstić information content (AvgIpc) is 2.87. The van der Waals surface area contributed by atoms with Crippen LogP contribution >= 0.6 is 27.7 Å². The van der Waals surface area contributed by atoms with Gasteiger partial charge in [-0.15, -0.1) is 11.8 Å². The van der Waals surface area contributed by atoms with Crippen molar-refractivity contribution in [1.29, 1.82) is 5.26 Å². The number of benzene rings is 1. The zero-order chi connectivity index (χ0) is 13.7. The summed E-state index contributed by atoms with van der Waals surface area (Å²) in [6, 6.07) is 10.1. The van der Waals surface area contributed by atoms with Gasteiger partial charge in [-0.3, -0.25) is 4.79 Å². The molecule has 0 saturated heterocycles. The third-order valence-corrected chi connectivity index (χ3v) is 5.27. The Labute approximate surface area is 125 Å². The average molecular weight is 339 g/mol. The van der Waals surface area contributed by atoms with Crippen LogP contribution in [0.5, 0.6) is 0 Å². The molecule has 0 unspecified atom stereocenters. The van der Waals surface area contributed by atoms with Crippen LogP contribution in [-0.2, 0) is 4.79 Å². The highest BCUT2D eigenvalue weighted by Crippen LogP contribution is 2.30. The first kappa shape index (κ1) is 14.4. The van der Waals surface area contributed by atoms with E-state index < -0.39 is 5.54 Å². The first-order valence-electron chi connectivity index (χ1n) is 6.25. The Morgan fingerprint density at radius 3 is 2.74 bits per heavy atom. The van der Waals surface area contributed by atoms with E-state index in [1.54, 1.807) is 0 Å². The molecule has 1 N–H and O–H groups in total. The smallest absolute Gasteiger partial charge is 0.231 e. The summed E-state index contributed by atoms with van der Waals surface area (Å²) in [6.45, 7) is 0. The van der Waals surface area contributed by atoms with Crippen LogP contribution in [0.15, 0.2) is 33.6 Å². The summed E-state index contributed by atoms with van der Waals surface area (Å²) in [7, 11) is 0. The Kier molecular flexibility index (Phi) is 4.89. The number of carbonyl (C=O) groups excluding carboxylic acids is 1. The predicted molar refractivity (Wildman–Crippen MR) is 79.8 cm³/mol. The number of nitrogens with zero attached hydrogens (tertiary/aromatic N) is 1. The highest BCUT2D eigenvalue weighted by atomic mass is 79.9. The number of thioether (sulfide) groups is 1. The minimum Gasteiger partial charge on any atom is -0.337 e. The number of hydrogen-bond donors (Lipinski definition) is 1. The zero-order valence-electron chi connectivity index (χ0n) is 10.5. The normalized spacial score (nSPS) is 16.8. The van der Waals surface area contributed by atoms with Gasteiger partial charge in [-0.2, -0.15) is 5.26 Å². The molecule has 0 atom stereocenters. The van der Waals surface area contributed by atoms with Gasteiger partial charge in [-0.1, -0.05) is 12.1 Å². The molecule has 1 fully saturated rings. The van der Waals surface area contributed by atoms with E-state index in [1.807, 2.05) is 24.3 Å². The summed E-state index contributed by atoms with van der Waals surface area (Å²) in [6.07, 6.45) is 3.58. The second-order valence-electron chi connectivity index (χ2n) is 4.67. The van der Waals surface area contributed by atoms with Gasteiger partial charge in [-0.05, 0) is 53.7 Å². The Hall–Kier alpha value is -0.990. The lowest BCUT2D eigenvalue weighted by molar-refractivity contribution is -0.119. The Morgan fingerprint density at radius 1 is 1.42 bits per heavy atom. The second kappa shape index (κ2) is 6.44. The fourth-order valence-corrected chi connectivity index (χ4v) is 3.62. The van der Waals surface area contributed by atoms with Crippen LogP contribution in [0, 0.1) is 11.3 Å². The number of nitriles is 1. The van der Waals surface area contributed by atoms with Crippen LogP contribution in [0.2, 0.25) is 0 Å². The van der Waals surface area contributed by atoms with Crippen LogP contribution in [0.3, 0.4) is 0 Å². The maximum atomic E-state index is 11.9. The van der Waals surface area contributed by atoms with Gasteiger partial charge in [0.25, 0.3) is 0 Å². The van der Waals surface area contributed by atoms with Crippen molar-refractivity contribution in [1.82, 2.24) is 5.32 Å². The SMILES string of the molecule is N#CC1(NC(=O)CSc2ccccc2Br)CCCC1. The van der Waals surface area contributed by atoms with Gasteiger partial charge in [-0.25, -0.2) is 0 Å².